The number of para-hydroxylation sites is 1. The average Bonchev–Trinajstić information content (AvgIpc) is 3.11. The normalized spacial score (nSPS) is 19.1. The van der Waals surface area contributed by atoms with E-state index in [1.807, 2.05) is 54.9 Å². The van der Waals surface area contributed by atoms with Gasteiger partial charge in [0.2, 0.25) is 5.91 Å². The number of carbonyl (C=O) groups is 1. The molecule has 4 N–H and O–H groups in total. The Bertz CT molecular complexity index is 1070. The van der Waals surface area contributed by atoms with E-state index in [1.54, 1.807) is 0 Å². The molecule has 4 rings (SSSR count). The third kappa shape index (κ3) is 3.07. The molecule has 2 aromatic heterocycles. The zero-order valence-corrected chi connectivity index (χ0v) is 15.1. The molecule has 0 aliphatic heterocycles. The summed E-state index contributed by atoms with van der Waals surface area (Å²) in [6.07, 6.45) is 12.9. The van der Waals surface area contributed by atoms with Gasteiger partial charge in [0.05, 0.1) is 22.8 Å². The van der Waals surface area contributed by atoms with Crippen LogP contribution in [0.25, 0.3) is 21.9 Å². The first-order valence-corrected chi connectivity index (χ1v) is 9.24. The van der Waals surface area contributed by atoms with Crippen LogP contribution >= 0.6 is 0 Å². The number of hydrogen-bond acceptors (Lipinski definition) is 4. The van der Waals surface area contributed by atoms with Gasteiger partial charge in [0.1, 0.15) is 5.52 Å². The van der Waals surface area contributed by atoms with Crippen molar-refractivity contribution < 1.29 is 4.79 Å². The largest absolute Gasteiger partial charge is 0.382 e. The highest BCUT2D eigenvalue weighted by Crippen LogP contribution is 2.34. The molecule has 1 aliphatic rings. The van der Waals surface area contributed by atoms with Crippen LogP contribution in [0.2, 0.25) is 0 Å². The summed E-state index contributed by atoms with van der Waals surface area (Å²) in [6.45, 7) is 0.804. The number of amides is 1. The van der Waals surface area contributed by atoms with Crippen LogP contribution in [-0.2, 0) is 11.3 Å². The number of imidazole rings is 1. The standard InChI is InChI=1S/C21H23N5O/c22-19-17-18(15-8-2-3-9-16(15)25-19)26(14-24-17)13-7-6-12-21(20(23)27)10-4-1-5-11-21/h1-5,8-10,14H,6-7,11-13H2,(H2,22,25)(H2,23,27). The van der Waals surface area contributed by atoms with Gasteiger partial charge in [-0.25, -0.2) is 9.97 Å². The van der Waals surface area contributed by atoms with E-state index in [9.17, 15) is 4.79 Å². The summed E-state index contributed by atoms with van der Waals surface area (Å²) in [6, 6.07) is 7.96. The molecule has 0 fully saturated rings. The molecule has 1 atom stereocenters. The van der Waals surface area contributed by atoms with Crippen LogP contribution in [-0.4, -0.2) is 20.4 Å². The number of fused-ring (bicyclic) bond motifs is 3. The molecule has 1 unspecified atom stereocenters. The maximum Gasteiger partial charge on any atom is 0.227 e. The Morgan fingerprint density at radius 2 is 2.07 bits per heavy atom. The summed E-state index contributed by atoms with van der Waals surface area (Å²) in [5.41, 5.74) is 13.8. The number of nitrogens with two attached hydrogens (primary N) is 2. The van der Waals surface area contributed by atoms with Crippen LogP contribution in [0.15, 0.2) is 54.9 Å². The number of benzene rings is 1. The second-order valence-electron chi connectivity index (χ2n) is 7.12. The van der Waals surface area contributed by atoms with Crippen LogP contribution in [0.4, 0.5) is 5.82 Å². The van der Waals surface area contributed by atoms with Gasteiger partial charge in [-0.05, 0) is 25.3 Å². The van der Waals surface area contributed by atoms with Crippen LogP contribution in [0.1, 0.15) is 25.7 Å². The minimum absolute atomic E-state index is 0.249. The van der Waals surface area contributed by atoms with Gasteiger partial charge in [0.15, 0.2) is 5.82 Å². The summed E-state index contributed by atoms with van der Waals surface area (Å²) < 4.78 is 2.13. The van der Waals surface area contributed by atoms with E-state index in [2.05, 4.69) is 14.5 Å². The minimum atomic E-state index is -0.549. The Balaban J connectivity index is 1.52. The SMILES string of the molecule is NC(=O)C1(CCCCn2cnc3c(N)nc4ccccc4c32)C=CC=CC1. The van der Waals surface area contributed by atoms with Crippen molar-refractivity contribution in [2.75, 3.05) is 5.73 Å². The Morgan fingerprint density at radius 3 is 2.85 bits per heavy atom. The van der Waals surface area contributed by atoms with Gasteiger partial charge in [-0.1, -0.05) is 48.9 Å². The van der Waals surface area contributed by atoms with Crippen molar-refractivity contribution in [3.63, 3.8) is 0 Å². The number of unbranched alkanes of at least 4 members (excludes halogenated alkanes) is 1. The molecular formula is C21H23N5O. The van der Waals surface area contributed by atoms with E-state index in [1.165, 1.54) is 0 Å². The zero-order chi connectivity index (χ0) is 18.9. The van der Waals surface area contributed by atoms with Gasteiger partial charge in [0.25, 0.3) is 0 Å². The predicted octanol–water partition coefficient (Wildman–Crippen LogP) is 3.32. The zero-order valence-electron chi connectivity index (χ0n) is 15.1. The maximum absolute atomic E-state index is 12.0. The molecule has 0 saturated carbocycles. The summed E-state index contributed by atoms with van der Waals surface area (Å²) in [7, 11) is 0. The van der Waals surface area contributed by atoms with E-state index < -0.39 is 5.41 Å². The fourth-order valence-corrected chi connectivity index (χ4v) is 3.85. The fourth-order valence-electron chi connectivity index (χ4n) is 3.85. The van der Waals surface area contributed by atoms with E-state index >= 15 is 0 Å². The van der Waals surface area contributed by atoms with Gasteiger partial charge in [0, 0.05) is 11.9 Å². The number of nitrogen functional groups attached to an aromatic ring is 1. The molecule has 0 radical (unpaired) electrons. The first-order chi connectivity index (χ1) is 13.1. The first-order valence-electron chi connectivity index (χ1n) is 9.24. The molecule has 6 heteroatoms. The Hall–Kier alpha value is -3.15. The van der Waals surface area contributed by atoms with Crippen molar-refractivity contribution in [1.29, 1.82) is 0 Å². The van der Waals surface area contributed by atoms with Gasteiger partial charge in [-0.3, -0.25) is 4.79 Å². The van der Waals surface area contributed by atoms with Gasteiger partial charge in [-0.2, -0.15) is 0 Å². The topological polar surface area (TPSA) is 99.8 Å². The molecular weight excluding hydrogens is 338 g/mol. The molecule has 1 aliphatic carbocycles. The van der Waals surface area contributed by atoms with Crippen LogP contribution < -0.4 is 11.5 Å². The lowest BCUT2D eigenvalue weighted by atomic mass is 9.77. The predicted molar refractivity (Wildman–Crippen MR) is 108 cm³/mol. The van der Waals surface area contributed by atoms with Gasteiger partial charge < -0.3 is 16.0 Å². The molecule has 1 amide bonds. The van der Waals surface area contributed by atoms with E-state index in [0.29, 0.717) is 12.2 Å². The van der Waals surface area contributed by atoms with Crippen molar-refractivity contribution in [1.82, 2.24) is 14.5 Å². The molecule has 27 heavy (non-hydrogen) atoms. The second-order valence-corrected chi connectivity index (χ2v) is 7.12. The highest BCUT2D eigenvalue weighted by molar-refractivity contribution is 6.06. The van der Waals surface area contributed by atoms with Gasteiger partial charge >= 0.3 is 0 Å². The second kappa shape index (κ2) is 6.87. The highest BCUT2D eigenvalue weighted by Gasteiger charge is 2.32. The van der Waals surface area contributed by atoms with Crippen molar-refractivity contribution in [3.05, 3.63) is 54.9 Å². The number of allylic oxidation sites excluding steroid dienone is 3. The number of carbonyl (C=O) groups excluding carboxylic acids is 1. The van der Waals surface area contributed by atoms with Crippen molar-refractivity contribution in [3.8, 4) is 0 Å². The lowest BCUT2D eigenvalue weighted by Gasteiger charge is -2.27. The van der Waals surface area contributed by atoms with Crippen LogP contribution in [0, 0.1) is 5.41 Å². The number of rotatable bonds is 6. The molecule has 0 bridgehead atoms. The Kier molecular flexibility index (Phi) is 4.39. The molecule has 3 aromatic rings. The summed E-state index contributed by atoms with van der Waals surface area (Å²) in [4.78, 5) is 20.9. The first kappa shape index (κ1) is 17.3. The quantitative estimate of drug-likeness (QED) is 0.658. The smallest absolute Gasteiger partial charge is 0.227 e. The van der Waals surface area contributed by atoms with Crippen molar-refractivity contribution in [2.45, 2.75) is 32.2 Å². The molecule has 6 nitrogen and oxygen atoms in total. The number of aryl methyl sites for hydroxylation is 1. The lowest BCUT2D eigenvalue weighted by Crippen LogP contribution is -2.35. The number of anilines is 1. The number of hydrogen-bond donors (Lipinski definition) is 2. The van der Waals surface area contributed by atoms with Crippen LogP contribution in [0.3, 0.4) is 0 Å². The lowest BCUT2D eigenvalue weighted by molar-refractivity contribution is -0.125. The van der Waals surface area contributed by atoms with Crippen LogP contribution in [0.5, 0.6) is 0 Å². The third-order valence-corrected chi connectivity index (χ3v) is 5.39. The molecule has 0 spiro atoms. The number of nitrogens with zero attached hydrogens (tertiary/aromatic N) is 3. The van der Waals surface area contributed by atoms with E-state index in [4.69, 9.17) is 11.5 Å². The van der Waals surface area contributed by atoms with E-state index in [0.717, 1.165) is 47.7 Å². The molecule has 138 valence electrons. The van der Waals surface area contributed by atoms with Crippen molar-refractivity contribution >= 4 is 33.7 Å². The Morgan fingerprint density at radius 1 is 1.22 bits per heavy atom. The van der Waals surface area contributed by atoms with Gasteiger partial charge in [-0.15, -0.1) is 0 Å². The molecule has 1 aromatic carbocycles. The number of aromatic nitrogens is 3. The Labute approximate surface area is 157 Å². The molecule has 0 saturated heterocycles. The summed E-state index contributed by atoms with van der Waals surface area (Å²) in [5.74, 6) is 0.204. The minimum Gasteiger partial charge on any atom is -0.382 e. The summed E-state index contributed by atoms with van der Waals surface area (Å²) in [5, 5.41) is 1.05. The fraction of sp³-hybridized carbons (Fsp3) is 0.286. The average molecular weight is 361 g/mol. The maximum atomic E-state index is 12.0. The summed E-state index contributed by atoms with van der Waals surface area (Å²) >= 11 is 0. The number of pyridine rings is 1. The number of primary amides is 1. The third-order valence-electron chi connectivity index (χ3n) is 5.39. The van der Waals surface area contributed by atoms with E-state index in [-0.39, 0.29) is 5.91 Å². The molecule has 2 heterocycles. The highest BCUT2D eigenvalue weighted by atomic mass is 16.1. The monoisotopic (exact) mass is 361 g/mol. The van der Waals surface area contributed by atoms with Crippen molar-refractivity contribution in [2.24, 2.45) is 11.1 Å².